The zero-order chi connectivity index (χ0) is 29.2. The highest BCUT2D eigenvalue weighted by Gasteiger charge is 2.60. The molecular formula is C31H33NO7S2. The molecule has 1 saturated carbocycles. The third kappa shape index (κ3) is 4.57. The summed E-state index contributed by atoms with van der Waals surface area (Å²) in [6.07, 6.45) is 4.20. The van der Waals surface area contributed by atoms with Gasteiger partial charge >= 0.3 is 10.1 Å². The SMILES string of the molecule is Cc1ccc(S(=O)(=O)Oc2ccc3c4c2O[C@@H]2[C@@H](O)CC[C@H](C=C3)[C@]42CCN(C)S(=O)(=O)c2ccc(C)cc2)cc1. The van der Waals surface area contributed by atoms with Crippen molar-refractivity contribution in [3.05, 3.63) is 89.0 Å². The number of hydrogen-bond donors (Lipinski definition) is 1. The van der Waals surface area contributed by atoms with Crippen LogP contribution in [-0.4, -0.2) is 52.0 Å². The minimum Gasteiger partial charge on any atom is -0.482 e. The van der Waals surface area contributed by atoms with Crippen molar-refractivity contribution >= 4 is 26.2 Å². The molecule has 0 aromatic heterocycles. The largest absolute Gasteiger partial charge is 0.482 e. The van der Waals surface area contributed by atoms with E-state index in [-0.39, 0.29) is 28.0 Å². The van der Waals surface area contributed by atoms with Crippen LogP contribution < -0.4 is 8.92 Å². The van der Waals surface area contributed by atoms with Crippen LogP contribution in [0.2, 0.25) is 0 Å². The van der Waals surface area contributed by atoms with Crippen LogP contribution in [0.15, 0.2) is 76.5 Å². The average Bonchev–Trinajstić information content (AvgIpc) is 3.31. The lowest BCUT2D eigenvalue weighted by molar-refractivity contribution is -0.0462. The molecule has 0 spiro atoms. The van der Waals surface area contributed by atoms with Crippen LogP contribution in [0.1, 0.15) is 41.5 Å². The Morgan fingerprint density at radius 3 is 2.22 bits per heavy atom. The predicted molar refractivity (Wildman–Crippen MR) is 155 cm³/mol. The van der Waals surface area contributed by atoms with E-state index in [0.29, 0.717) is 25.0 Å². The highest BCUT2D eigenvalue weighted by atomic mass is 32.2. The zero-order valence-electron chi connectivity index (χ0n) is 23.1. The first-order chi connectivity index (χ1) is 19.4. The Labute approximate surface area is 241 Å². The number of aryl methyl sites for hydroxylation is 2. The van der Waals surface area contributed by atoms with Gasteiger partial charge in [-0.05, 0) is 74.9 Å². The Bertz CT molecular complexity index is 1730. The summed E-state index contributed by atoms with van der Waals surface area (Å²) < 4.78 is 66.6. The summed E-state index contributed by atoms with van der Waals surface area (Å²) in [4.78, 5) is 0.242. The van der Waals surface area contributed by atoms with Crippen LogP contribution in [0.5, 0.6) is 11.5 Å². The van der Waals surface area contributed by atoms with Gasteiger partial charge in [0.1, 0.15) is 11.0 Å². The molecule has 0 amide bonds. The molecule has 6 rings (SSSR count). The van der Waals surface area contributed by atoms with E-state index in [2.05, 4.69) is 6.08 Å². The minimum absolute atomic E-state index is 0.0240. The lowest BCUT2D eigenvalue weighted by Crippen LogP contribution is -2.55. The van der Waals surface area contributed by atoms with Gasteiger partial charge in [0.2, 0.25) is 10.0 Å². The van der Waals surface area contributed by atoms with Crippen LogP contribution in [-0.2, 0) is 25.6 Å². The molecule has 10 heteroatoms. The number of sulfonamides is 1. The van der Waals surface area contributed by atoms with Crippen molar-refractivity contribution < 1.29 is 30.9 Å². The van der Waals surface area contributed by atoms with Crippen molar-refractivity contribution in [2.24, 2.45) is 5.92 Å². The smallest absolute Gasteiger partial charge is 0.339 e. The fourth-order valence-corrected chi connectivity index (χ4v) is 8.60. The monoisotopic (exact) mass is 595 g/mol. The molecule has 41 heavy (non-hydrogen) atoms. The molecule has 4 atom stereocenters. The van der Waals surface area contributed by atoms with Crippen molar-refractivity contribution in [2.75, 3.05) is 13.6 Å². The van der Waals surface area contributed by atoms with Crippen molar-refractivity contribution in [1.29, 1.82) is 0 Å². The third-order valence-electron chi connectivity index (χ3n) is 8.74. The number of rotatable bonds is 8. The van der Waals surface area contributed by atoms with Gasteiger partial charge in [-0.25, -0.2) is 12.7 Å². The van der Waals surface area contributed by atoms with E-state index in [1.165, 1.54) is 16.4 Å². The maximum Gasteiger partial charge on any atom is 0.339 e. The summed E-state index contributed by atoms with van der Waals surface area (Å²) >= 11 is 0. The van der Waals surface area contributed by atoms with Gasteiger partial charge in [0.25, 0.3) is 0 Å². The molecule has 3 aromatic rings. The lowest BCUT2D eigenvalue weighted by Gasteiger charge is -2.48. The topological polar surface area (TPSA) is 110 Å². The fraction of sp³-hybridized carbons (Fsp3) is 0.355. The number of hydrogen-bond acceptors (Lipinski definition) is 7. The van der Waals surface area contributed by atoms with Crippen LogP contribution in [0, 0.1) is 19.8 Å². The molecule has 2 aliphatic carbocycles. The Hall–Kier alpha value is -3.18. The van der Waals surface area contributed by atoms with Gasteiger partial charge in [-0.1, -0.05) is 53.6 Å². The summed E-state index contributed by atoms with van der Waals surface area (Å²) in [5.41, 5.74) is 2.76. The van der Waals surface area contributed by atoms with E-state index >= 15 is 0 Å². The van der Waals surface area contributed by atoms with Gasteiger partial charge < -0.3 is 14.0 Å². The molecule has 0 bridgehead atoms. The zero-order valence-corrected chi connectivity index (χ0v) is 24.8. The quantitative estimate of drug-likeness (QED) is 0.380. The summed E-state index contributed by atoms with van der Waals surface area (Å²) in [6, 6.07) is 16.5. The Morgan fingerprint density at radius 1 is 0.927 bits per heavy atom. The number of allylic oxidation sites excluding steroid dienone is 1. The van der Waals surface area contributed by atoms with Gasteiger partial charge in [-0.3, -0.25) is 0 Å². The molecule has 0 unspecified atom stereocenters. The van der Waals surface area contributed by atoms with E-state index in [1.807, 2.05) is 19.9 Å². The number of ether oxygens (including phenoxy) is 1. The fourth-order valence-electron chi connectivity index (χ4n) is 6.50. The summed E-state index contributed by atoms with van der Waals surface area (Å²) in [5, 5.41) is 11.2. The van der Waals surface area contributed by atoms with E-state index in [4.69, 9.17) is 8.92 Å². The maximum atomic E-state index is 13.4. The minimum atomic E-state index is -4.15. The molecule has 0 radical (unpaired) electrons. The van der Waals surface area contributed by atoms with Crippen LogP contribution in [0.25, 0.3) is 6.08 Å². The summed E-state index contributed by atoms with van der Waals surface area (Å²) in [5.74, 6) is 0.326. The van der Waals surface area contributed by atoms with Gasteiger partial charge in [0.15, 0.2) is 11.5 Å². The first-order valence-corrected chi connectivity index (χ1v) is 16.5. The van der Waals surface area contributed by atoms with Crippen molar-refractivity contribution in [1.82, 2.24) is 4.31 Å². The van der Waals surface area contributed by atoms with Crippen molar-refractivity contribution in [2.45, 2.75) is 60.5 Å². The number of nitrogens with zero attached hydrogens (tertiary/aromatic N) is 1. The Kier molecular flexibility index (Phi) is 6.80. The average molecular weight is 596 g/mol. The van der Waals surface area contributed by atoms with Gasteiger partial charge in [-0.15, -0.1) is 0 Å². The number of benzene rings is 3. The third-order valence-corrected chi connectivity index (χ3v) is 11.9. The second kappa shape index (κ2) is 9.97. The molecule has 3 aromatic carbocycles. The van der Waals surface area contributed by atoms with E-state index in [0.717, 1.165) is 22.3 Å². The Balaban J connectivity index is 1.38. The van der Waals surface area contributed by atoms with Crippen LogP contribution in [0.4, 0.5) is 0 Å². The summed E-state index contributed by atoms with van der Waals surface area (Å²) in [6.45, 7) is 3.95. The summed E-state index contributed by atoms with van der Waals surface area (Å²) in [7, 11) is -6.34. The van der Waals surface area contributed by atoms with Gasteiger partial charge in [0.05, 0.1) is 11.0 Å². The molecule has 0 saturated heterocycles. The molecule has 1 N–H and O–H groups in total. The first-order valence-electron chi connectivity index (χ1n) is 13.7. The number of aliphatic hydroxyl groups excluding tert-OH is 1. The molecule has 1 fully saturated rings. The normalized spacial score (nSPS) is 24.7. The van der Waals surface area contributed by atoms with Crippen LogP contribution in [0.3, 0.4) is 0 Å². The highest BCUT2D eigenvalue weighted by Crippen LogP contribution is 2.61. The van der Waals surface area contributed by atoms with Gasteiger partial charge in [-0.2, -0.15) is 8.42 Å². The standard InChI is InChI=1S/C31H33NO7S2/c1-20-4-12-24(13-5-20)40(34,35)32(3)19-18-31-23-10-8-22-9-17-27(29(28(22)31)38-30(31)26(33)16-11-23)39-41(36,37)25-14-6-21(2)7-15-25/h4-10,12-15,17,23,26,30,33H,11,16,18-19H2,1-3H3/t23-,26-,30+,31+/m0/s1. The predicted octanol–water partition coefficient (Wildman–Crippen LogP) is 4.58. The molecule has 8 nitrogen and oxygen atoms in total. The van der Waals surface area contributed by atoms with E-state index in [1.54, 1.807) is 55.6 Å². The van der Waals surface area contributed by atoms with Crippen molar-refractivity contribution in [3.8, 4) is 11.5 Å². The van der Waals surface area contributed by atoms with E-state index in [9.17, 15) is 21.9 Å². The lowest BCUT2D eigenvalue weighted by atomic mass is 9.56. The number of aliphatic hydroxyl groups is 1. The maximum absolute atomic E-state index is 13.4. The molecule has 1 aliphatic heterocycles. The Morgan fingerprint density at radius 2 is 1.56 bits per heavy atom. The second-order valence-electron chi connectivity index (χ2n) is 11.3. The van der Waals surface area contributed by atoms with Crippen LogP contribution >= 0.6 is 0 Å². The molecule has 1 heterocycles. The first kappa shape index (κ1) is 28.0. The highest BCUT2D eigenvalue weighted by molar-refractivity contribution is 7.89. The molecule has 3 aliphatic rings. The van der Waals surface area contributed by atoms with Crippen molar-refractivity contribution in [3.63, 3.8) is 0 Å². The molecule has 216 valence electrons. The molecular weight excluding hydrogens is 562 g/mol. The second-order valence-corrected chi connectivity index (χ2v) is 14.9. The van der Waals surface area contributed by atoms with E-state index < -0.39 is 37.8 Å². The van der Waals surface area contributed by atoms with Gasteiger partial charge in [0, 0.05) is 24.6 Å².